The molecule has 0 bridgehead atoms. The van der Waals surface area contributed by atoms with Crippen molar-refractivity contribution in [3.63, 3.8) is 0 Å². The molecule has 0 saturated carbocycles. The summed E-state index contributed by atoms with van der Waals surface area (Å²) in [4.78, 5) is 25.6. The van der Waals surface area contributed by atoms with Crippen LogP contribution in [-0.2, 0) is 16.0 Å². The quantitative estimate of drug-likeness (QED) is 0.830. The summed E-state index contributed by atoms with van der Waals surface area (Å²) in [5.74, 6) is 0.677. The van der Waals surface area contributed by atoms with Gasteiger partial charge in [0.25, 0.3) is 0 Å². The van der Waals surface area contributed by atoms with Crippen LogP contribution in [0.15, 0.2) is 54.6 Å². The minimum atomic E-state index is -0.404. The Morgan fingerprint density at radius 2 is 1.92 bits per heavy atom. The molecule has 2 aromatic rings. The Balaban J connectivity index is 1.45. The van der Waals surface area contributed by atoms with Crippen LogP contribution in [0.2, 0.25) is 0 Å². The molecule has 2 amide bonds. The van der Waals surface area contributed by atoms with Gasteiger partial charge in [0.05, 0.1) is 20.2 Å². The first kappa shape index (κ1) is 17.8. The van der Waals surface area contributed by atoms with E-state index in [2.05, 4.69) is 5.32 Å². The van der Waals surface area contributed by atoms with E-state index in [-0.39, 0.29) is 12.0 Å². The maximum atomic E-state index is 12.1. The Morgan fingerprint density at radius 1 is 1.19 bits per heavy atom. The number of hydrogen-bond donors (Lipinski definition) is 1. The topological polar surface area (TPSA) is 67.9 Å². The molecule has 0 aliphatic carbocycles. The monoisotopic (exact) mass is 354 g/mol. The van der Waals surface area contributed by atoms with Gasteiger partial charge in [-0.2, -0.15) is 0 Å². The lowest BCUT2D eigenvalue weighted by atomic mass is 10.1. The molecule has 3 rings (SSSR count). The van der Waals surface area contributed by atoms with E-state index in [0.717, 1.165) is 17.0 Å². The summed E-state index contributed by atoms with van der Waals surface area (Å²) in [5.41, 5.74) is 1.87. The number of carbonyl (C=O) groups is 2. The van der Waals surface area contributed by atoms with E-state index in [0.29, 0.717) is 25.9 Å². The Hall–Kier alpha value is -3.02. The number of aryl methyl sites for hydroxylation is 1. The molecule has 1 atom stereocenters. The average molecular weight is 354 g/mol. The van der Waals surface area contributed by atoms with Crippen LogP contribution >= 0.6 is 0 Å². The Morgan fingerprint density at radius 3 is 2.62 bits per heavy atom. The third-order valence-corrected chi connectivity index (χ3v) is 4.27. The molecule has 1 fully saturated rings. The van der Waals surface area contributed by atoms with Crippen LogP contribution in [0.1, 0.15) is 12.0 Å². The first-order chi connectivity index (χ1) is 12.7. The third-order valence-electron chi connectivity index (χ3n) is 4.27. The molecule has 1 saturated heterocycles. The highest BCUT2D eigenvalue weighted by Crippen LogP contribution is 2.23. The van der Waals surface area contributed by atoms with Gasteiger partial charge >= 0.3 is 6.09 Å². The van der Waals surface area contributed by atoms with Crippen molar-refractivity contribution in [2.75, 3.05) is 25.1 Å². The van der Waals surface area contributed by atoms with Gasteiger partial charge in [-0.3, -0.25) is 9.69 Å². The summed E-state index contributed by atoms with van der Waals surface area (Å²) in [7, 11) is 1.59. The minimum Gasteiger partial charge on any atom is -0.497 e. The van der Waals surface area contributed by atoms with E-state index in [4.69, 9.17) is 9.47 Å². The standard InChI is InChI=1S/C20H22N2O4/c1-25-17-10-8-16(9-11-17)22-14-18(26-20(22)24)13-21-19(23)12-7-15-5-3-2-4-6-15/h2-6,8-11,18H,7,12-14H2,1H3,(H,21,23). The summed E-state index contributed by atoms with van der Waals surface area (Å²) >= 11 is 0. The molecule has 1 aliphatic heterocycles. The molecular formula is C20H22N2O4. The lowest BCUT2D eigenvalue weighted by molar-refractivity contribution is -0.121. The second-order valence-electron chi connectivity index (χ2n) is 6.10. The van der Waals surface area contributed by atoms with Gasteiger partial charge in [-0.25, -0.2) is 4.79 Å². The smallest absolute Gasteiger partial charge is 0.414 e. The fourth-order valence-electron chi connectivity index (χ4n) is 2.82. The highest BCUT2D eigenvalue weighted by molar-refractivity contribution is 5.89. The summed E-state index contributed by atoms with van der Waals surface area (Å²) in [6, 6.07) is 17.1. The molecule has 1 unspecified atom stereocenters. The molecule has 136 valence electrons. The van der Waals surface area contributed by atoms with Gasteiger partial charge in [0.15, 0.2) is 0 Å². The normalized spacial score (nSPS) is 16.3. The van der Waals surface area contributed by atoms with Gasteiger partial charge in [-0.05, 0) is 36.2 Å². The summed E-state index contributed by atoms with van der Waals surface area (Å²) in [5, 5.41) is 2.84. The fourth-order valence-corrected chi connectivity index (χ4v) is 2.82. The van der Waals surface area contributed by atoms with Crippen molar-refractivity contribution in [1.29, 1.82) is 0 Å². The molecule has 0 spiro atoms. The van der Waals surface area contributed by atoms with Gasteiger partial charge in [0.1, 0.15) is 11.9 Å². The Labute approximate surface area is 152 Å². The van der Waals surface area contributed by atoms with Crippen LogP contribution in [0, 0.1) is 0 Å². The van der Waals surface area contributed by atoms with Gasteiger partial charge in [-0.1, -0.05) is 30.3 Å². The third kappa shape index (κ3) is 4.53. The lowest BCUT2D eigenvalue weighted by Gasteiger charge is -2.13. The number of cyclic esters (lactones) is 1. The summed E-state index contributed by atoms with van der Waals surface area (Å²) in [6.45, 7) is 0.718. The average Bonchev–Trinajstić information content (AvgIpc) is 3.06. The molecule has 1 heterocycles. The number of amides is 2. The fraction of sp³-hybridized carbons (Fsp3) is 0.300. The predicted octanol–water partition coefficient (Wildman–Crippen LogP) is 2.77. The van der Waals surface area contributed by atoms with Crippen molar-refractivity contribution in [3.8, 4) is 5.75 Å². The molecule has 0 aromatic heterocycles. The van der Waals surface area contributed by atoms with E-state index < -0.39 is 6.09 Å². The minimum absolute atomic E-state index is 0.0483. The van der Waals surface area contributed by atoms with Crippen molar-refractivity contribution in [2.45, 2.75) is 18.9 Å². The van der Waals surface area contributed by atoms with Gasteiger partial charge in [0.2, 0.25) is 5.91 Å². The van der Waals surface area contributed by atoms with Crippen LogP contribution < -0.4 is 15.0 Å². The number of benzene rings is 2. The van der Waals surface area contributed by atoms with Gasteiger partial charge < -0.3 is 14.8 Å². The zero-order valence-electron chi connectivity index (χ0n) is 14.7. The highest BCUT2D eigenvalue weighted by atomic mass is 16.6. The second-order valence-corrected chi connectivity index (χ2v) is 6.10. The SMILES string of the molecule is COc1ccc(N2CC(CNC(=O)CCc3ccccc3)OC2=O)cc1. The number of rotatable bonds is 7. The number of carbonyl (C=O) groups excluding carboxylic acids is 2. The first-order valence-corrected chi connectivity index (χ1v) is 8.58. The maximum Gasteiger partial charge on any atom is 0.414 e. The molecule has 26 heavy (non-hydrogen) atoms. The van der Waals surface area contributed by atoms with Crippen molar-refractivity contribution >= 4 is 17.7 Å². The molecule has 1 N–H and O–H groups in total. The van der Waals surface area contributed by atoms with Crippen LogP contribution in [0.5, 0.6) is 5.75 Å². The number of nitrogens with one attached hydrogen (secondary N) is 1. The van der Waals surface area contributed by atoms with E-state index in [9.17, 15) is 9.59 Å². The van der Waals surface area contributed by atoms with Crippen LogP contribution in [0.4, 0.5) is 10.5 Å². The zero-order valence-corrected chi connectivity index (χ0v) is 14.7. The Bertz CT molecular complexity index is 746. The van der Waals surface area contributed by atoms with Crippen LogP contribution in [0.25, 0.3) is 0 Å². The predicted molar refractivity (Wildman–Crippen MR) is 98.4 cm³/mol. The van der Waals surface area contributed by atoms with Crippen LogP contribution in [-0.4, -0.2) is 38.3 Å². The zero-order chi connectivity index (χ0) is 18.4. The molecule has 0 radical (unpaired) electrons. The number of nitrogens with zero attached hydrogens (tertiary/aromatic N) is 1. The largest absolute Gasteiger partial charge is 0.497 e. The maximum absolute atomic E-state index is 12.1. The van der Waals surface area contributed by atoms with E-state index in [1.807, 2.05) is 30.3 Å². The molecule has 2 aromatic carbocycles. The van der Waals surface area contributed by atoms with Crippen molar-refractivity contribution in [3.05, 3.63) is 60.2 Å². The summed E-state index contributed by atoms with van der Waals surface area (Å²) in [6.07, 6.45) is 0.339. The molecule has 1 aliphatic rings. The number of hydrogen-bond acceptors (Lipinski definition) is 4. The van der Waals surface area contributed by atoms with E-state index in [1.165, 1.54) is 0 Å². The summed E-state index contributed by atoms with van der Waals surface area (Å²) < 4.78 is 10.5. The molecular weight excluding hydrogens is 332 g/mol. The first-order valence-electron chi connectivity index (χ1n) is 8.58. The van der Waals surface area contributed by atoms with E-state index >= 15 is 0 Å². The lowest BCUT2D eigenvalue weighted by Crippen LogP contribution is -2.34. The number of anilines is 1. The molecule has 6 heteroatoms. The van der Waals surface area contributed by atoms with Crippen molar-refractivity contribution in [2.24, 2.45) is 0 Å². The number of methoxy groups -OCH3 is 1. The Kier molecular flexibility index (Phi) is 5.73. The second kappa shape index (κ2) is 8.38. The van der Waals surface area contributed by atoms with Gasteiger partial charge in [0, 0.05) is 12.1 Å². The van der Waals surface area contributed by atoms with Crippen molar-refractivity contribution < 1.29 is 19.1 Å². The van der Waals surface area contributed by atoms with Gasteiger partial charge in [-0.15, -0.1) is 0 Å². The van der Waals surface area contributed by atoms with Crippen molar-refractivity contribution in [1.82, 2.24) is 5.32 Å². The highest BCUT2D eigenvalue weighted by Gasteiger charge is 2.32. The van der Waals surface area contributed by atoms with E-state index in [1.54, 1.807) is 36.3 Å². The van der Waals surface area contributed by atoms with Crippen LogP contribution in [0.3, 0.4) is 0 Å². The number of ether oxygens (including phenoxy) is 2. The molecule has 6 nitrogen and oxygen atoms in total.